The maximum Gasteiger partial charge on any atom is 0.115 e. The number of benzene rings is 1. The van der Waals surface area contributed by atoms with Gasteiger partial charge in [-0.1, -0.05) is 39.8 Å². The normalized spacial score (nSPS) is 27.5. The Morgan fingerprint density at radius 1 is 1.41 bits per heavy atom. The van der Waals surface area contributed by atoms with Crippen LogP contribution < -0.4 is 11.9 Å². The molecule has 0 amide bonds. The summed E-state index contributed by atoms with van der Waals surface area (Å²) in [5.74, 6) is 1.51. The highest BCUT2D eigenvalue weighted by molar-refractivity contribution is 5.33. The fourth-order valence-electron chi connectivity index (χ4n) is 3.49. The zero-order chi connectivity index (χ0) is 15.6. The van der Waals surface area contributed by atoms with Crippen molar-refractivity contribution in [1.82, 2.24) is 11.1 Å². The Kier molecular flexibility index (Phi) is 6.41. The second-order valence-electron chi connectivity index (χ2n) is 7.31. The number of nitrogens with two attached hydrogens (primary N) is 1. The van der Waals surface area contributed by atoms with Gasteiger partial charge in [-0.05, 0) is 47.8 Å². The van der Waals surface area contributed by atoms with Crippen LogP contribution in [0.15, 0.2) is 24.3 Å². The van der Waals surface area contributed by atoms with E-state index in [9.17, 15) is 5.11 Å². The summed E-state index contributed by atoms with van der Waals surface area (Å²) in [5.41, 5.74) is 7.71. The summed E-state index contributed by atoms with van der Waals surface area (Å²) >= 11 is 0. The van der Waals surface area contributed by atoms with E-state index >= 15 is 0 Å². The highest BCUT2D eigenvalue weighted by Gasteiger charge is 2.39. The number of aromatic hydroxyl groups is 1. The van der Waals surface area contributed by atoms with Crippen molar-refractivity contribution in [1.29, 1.82) is 0 Å². The minimum absolute atomic E-state index is 0. The highest BCUT2D eigenvalue weighted by Crippen LogP contribution is 2.40. The van der Waals surface area contributed by atoms with Crippen molar-refractivity contribution in [3.8, 4) is 5.75 Å². The topological polar surface area (TPSA) is 84.5 Å². The van der Waals surface area contributed by atoms with Gasteiger partial charge in [0.05, 0.1) is 6.17 Å². The lowest BCUT2D eigenvalue weighted by Crippen LogP contribution is -2.53. The fourth-order valence-corrected chi connectivity index (χ4v) is 3.49. The van der Waals surface area contributed by atoms with E-state index in [4.69, 9.17) is 5.73 Å². The molecule has 0 spiro atoms. The van der Waals surface area contributed by atoms with E-state index in [1.807, 2.05) is 12.1 Å². The van der Waals surface area contributed by atoms with Crippen LogP contribution in [0.4, 0.5) is 0 Å². The quantitative estimate of drug-likeness (QED) is 0.795. The van der Waals surface area contributed by atoms with Crippen LogP contribution in [0.25, 0.3) is 0 Å². The fraction of sp³-hybridized carbons (Fsp3) is 0.667. The molecule has 0 aliphatic carbocycles. The number of likely N-dealkylation sites (tertiary alicyclic amines) is 1. The molecule has 126 valence electrons. The smallest absolute Gasteiger partial charge is 0.115 e. The average Bonchev–Trinajstić information content (AvgIpc) is 2.41. The van der Waals surface area contributed by atoms with Crippen LogP contribution in [-0.4, -0.2) is 29.3 Å². The first kappa shape index (κ1) is 18.9. The number of nitrogens with zero attached hydrogens (tertiary/aromatic N) is 1. The SMILES string of the molecule is CC(C)CC(N)N1CCC(C)(c2cccc(O)c2)C(C)C1.N. The maximum atomic E-state index is 9.75. The Labute approximate surface area is 135 Å². The summed E-state index contributed by atoms with van der Waals surface area (Å²) in [6.45, 7) is 11.1. The minimum atomic E-state index is 0. The van der Waals surface area contributed by atoms with Crippen LogP contribution >= 0.6 is 0 Å². The van der Waals surface area contributed by atoms with Crippen molar-refractivity contribution < 1.29 is 5.11 Å². The van der Waals surface area contributed by atoms with Gasteiger partial charge in [0.25, 0.3) is 0 Å². The van der Waals surface area contributed by atoms with Crippen molar-refractivity contribution in [2.45, 2.75) is 52.1 Å². The molecule has 1 aromatic carbocycles. The molecule has 3 unspecified atom stereocenters. The van der Waals surface area contributed by atoms with Gasteiger partial charge in [-0.25, -0.2) is 0 Å². The van der Waals surface area contributed by atoms with E-state index < -0.39 is 0 Å². The highest BCUT2D eigenvalue weighted by atomic mass is 16.3. The number of phenolic OH excluding ortho intramolecular Hbond substituents is 1. The van der Waals surface area contributed by atoms with E-state index in [2.05, 4.69) is 38.7 Å². The molecule has 0 aromatic heterocycles. The first-order valence-electron chi connectivity index (χ1n) is 8.12. The molecule has 1 fully saturated rings. The molecule has 1 aromatic rings. The molecular formula is C18H33N3O. The summed E-state index contributed by atoms with van der Waals surface area (Å²) in [4.78, 5) is 2.43. The zero-order valence-corrected chi connectivity index (χ0v) is 14.5. The molecular weight excluding hydrogens is 274 g/mol. The van der Waals surface area contributed by atoms with Crippen LogP contribution in [-0.2, 0) is 5.41 Å². The maximum absolute atomic E-state index is 9.75. The van der Waals surface area contributed by atoms with Gasteiger partial charge in [-0.2, -0.15) is 0 Å². The van der Waals surface area contributed by atoms with Crippen LogP contribution in [0.3, 0.4) is 0 Å². The third-order valence-corrected chi connectivity index (χ3v) is 5.20. The van der Waals surface area contributed by atoms with E-state index in [1.54, 1.807) is 6.07 Å². The second-order valence-corrected chi connectivity index (χ2v) is 7.31. The number of hydrogen-bond donors (Lipinski definition) is 3. The van der Waals surface area contributed by atoms with Crippen LogP contribution in [0.5, 0.6) is 5.75 Å². The molecule has 0 bridgehead atoms. The molecule has 4 nitrogen and oxygen atoms in total. The summed E-state index contributed by atoms with van der Waals surface area (Å²) in [6.07, 6.45) is 2.31. The summed E-state index contributed by atoms with van der Waals surface area (Å²) in [6, 6.07) is 7.74. The standard InChI is InChI=1S/C18H30N2O.H3N/c1-13(2)10-17(19)20-9-8-18(4,14(3)12-20)15-6-5-7-16(21)11-15;/h5-7,11,13-14,17,21H,8-10,12,19H2,1-4H3;1H3. The minimum Gasteiger partial charge on any atom is -0.508 e. The molecule has 22 heavy (non-hydrogen) atoms. The predicted octanol–water partition coefficient (Wildman–Crippen LogP) is 3.48. The van der Waals surface area contributed by atoms with Gasteiger partial charge in [-0.15, -0.1) is 0 Å². The third kappa shape index (κ3) is 4.00. The molecule has 4 heteroatoms. The summed E-state index contributed by atoms with van der Waals surface area (Å²) < 4.78 is 0. The van der Waals surface area contributed by atoms with E-state index in [0.717, 1.165) is 25.9 Å². The van der Waals surface area contributed by atoms with Crippen LogP contribution in [0.2, 0.25) is 0 Å². The molecule has 1 aliphatic heterocycles. The Morgan fingerprint density at radius 3 is 2.64 bits per heavy atom. The molecule has 1 saturated heterocycles. The molecule has 2 rings (SSSR count). The van der Waals surface area contributed by atoms with Crippen molar-refractivity contribution in [2.75, 3.05) is 13.1 Å². The lowest BCUT2D eigenvalue weighted by atomic mass is 9.68. The van der Waals surface area contributed by atoms with Gasteiger partial charge in [-0.3, -0.25) is 4.90 Å². The lowest BCUT2D eigenvalue weighted by Gasteiger charge is -2.47. The van der Waals surface area contributed by atoms with Crippen molar-refractivity contribution in [3.05, 3.63) is 29.8 Å². The molecule has 0 saturated carbocycles. The van der Waals surface area contributed by atoms with Crippen LogP contribution in [0.1, 0.15) is 46.1 Å². The van der Waals surface area contributed by atoms with Crippen molar-refractivity contribution in [3.63, 3.8) is 0 Å². The number of hydrogen-bond acceptors (Lipinski definition) is 4. The Balaban J connectivity index is 0.00000242. The molecule has 6 N–H and O–H groups in total. The monoisotopic (exact) mass is 307 g/mol. The average molecular weight is 307 g/mol. The predicted molar refractivity (Wildman–Crippen MR) is 93.3 cm³/mol. The van der Waals surface area contributed by atoms with E-state index in [-0.39, 0.29) is 17.7 Å². The van der Waals surface area contributed by atoms with E-state index in [1.165, 1.54) is 5.56 Å². The summed E-state index contributed by atoms with van der Waals surface area (Å²) in [5, 5.41) is 9.75. The van der Waals surface area contributed by atoms with Gasteiger partial charge in [0, 0.05) is 13.1 Å². The first-order chi connectivity index (χ1) is 9.83. The van der Waals surface area contributed by atoms with Gasteiger partial charge in [0.1, 0.15) is 5.75 Å². The largest absolute Gasteiger partial charge is 0.508 e. The molecule has 1 heterocycles. The first-order valence-corrected chi connectivity index (χ1v) is 8.12. The van der Waals surface area contributed by atoms with Gasteiger partial charge < -0.3 is 17.0 Å². The Morgan fingerprint density at radius 2 is 2.09 bits per heavy atom. The second kappa shape index (κ2) is 7.44. The zero-order valence-electron chi connectivity index (χ0n) is 14.5. The van der Waals surface area contributed by atoms with Gasteiger partial charge in [0.2, 0.25) is 0 Å². The lowest BCUT2D eigenvalue weighted by molar-refractivity contribution is 0.0684. The van der Waals surface area contributed by atoms with Crippen molar-refractivity contribution in [2.24, 2.45) is 17.6 Å². The Hall–Kier alpha value is -1.10. The Bertz CT molecular complexity index is 477. The number of phenols is 1. The van der Waals surface area contributed by atoms with E-state index in [0.29, 0.717) is 17.6 Å². The molecule has 3 atom stereocenters. The number of piperidine rings is 1. The molecule has 1 aliphatic rings. The molecule has 0 radical (unpaired) electrons. The van der Waals surface area contributed by atoms with Gasteiger partial charge in [0.15, 0.2) is 0 Å². The number of rotatable bonds is 4. The van der Waals surface area contributed by atoms with Crippen LogP contribution in [0, 0.1) is 11.8 Å². The van der Waals surface area contributed by atoms with Gasteiger partial charge >= 0.3 is 0 Å². The van der Waals surface area contributed by atoms with Crippen molar-refractivity contribution >= 4 is 0 Å². The third-order valence-electron chi connectivity index (χ3n) is 5.20. The summed E-state index contributed by atoms with van der Waals surface area (Å²) in [7, 11) is 0.